The van der Waals surface area contributed by atoms with Crippen molar-refractivity contribution in [1.82, 2.24) is 10.2 Å². The normalized spacial score (nSPS) is 11.5. The van der Waals surface area contributed by atoms with Crippen molar-refractivity contribution in [1.29, 1.82) is 0 Å². The van der Waals surface area contributed by atoms with Crippen LogP contribution in [0, 0.1) is 0 Å². The van der Waals surface area contributed by atoms with Crippen molar-refractivity contribution >= 4 is 23.4 Å². The van der Waals surface area contributed by atoms with E-state index < -0.39 is 6.04 Å². The van der Waals surface area contributed by atoms with Crippen LogP contribution in [-0.2, 0) is 33.7 Å². The number of methoxy groups -OCH3 is 2. The Bertz CT molecular complexity index is 1070. The molecule has 1 atom stereocenters. The molecule has 0 spiro atoms. The molecule has 0 fully saturated rings. The van der Waals surface area contributed by atoms with E-state index in [0.29, 0.717) is 24.6 Å². The van der Waals surface area contributed by atoms with Gasteiger partial charge in [0, 0.05) is 31.6 Å². The van der Waals surface area contributed by atoms with Gasteiger partial charge in [0.05, 0.1) is 20.1 Å². The average Bonchev–Trinajstić information content (AvgIpc) is 2.88. The third-order valence-corrected chi connectivity index (χ3v) is 5.91. The van der Waals surface area contributed by atoms with Gasteiger partial charge in [-0.2, -0.15) is 0 Å². The number of benzene rings is 3. The van der Waals surface area contributed by atoms with Crippen LogP contribution in [-0.4, -0.2) is 50.1 Å². The predicted molar refractivity (Wildman–Crippen MR) is 138 cm³/mol. The molecule has 6 nitrogen and oxygen atoms in total. The summed E-state index contributed by atoms with van der Waals surface area (Å²) in [4.78, 5) is 28.7. The molecule has 0 saturated carbocycles. The van der Waals surface area contributed by atoms with Gasteiger partial charge in [0.2, 0.25) is 11.8 Å². The second kappa shape index (κ2) is 13.5. The van der Waals surface area contributed by atoms with Gasteiger partial charge < -0.3 is 19.7 Å². The first-order chi connectivity index (χ1) is 17.0. The molecule has 0 radical (unpaired) electrons. The van der Waals surface area contributed by atoms with Crippen LogP contribution in [0.2, 0.25) is 5.02 Å². The molecule has 1 N–H and O–H groups in total. The number of amides is 2. The van der Waals surface area contributed by atoms with Crippen LogP contribution < -0.4 is 10.1 Å². The Morgan fingerprint density at radius 3 is 2.17 bits per heavy atom. The first-order valence-corrected chi connectivity index (χ1v) is 11.9. The molecule has 2 amide bonds. The van der Waals surface area contributed by atoms with Crippen LogP contribution in [0.15, 0.2) is 78.9 Å². The lowest BCUT2D eigenvalue weighted by Crippen LogP contribution is -2.51. The number of carbonyl (C=O) groups excluding carboxylic acids is 2. The second-order valence-electron chi connectivity index (χ2n) is 8.16. The van der Waals surface area contributed by atoms with E-state index in [9.17, 15) is 9.59 Å². The monoisotopic (exact) mass is 494 g/mol. The molecule has 0 bridgehead atoms. The molecule has 0 aromatic heterocycles. The van der Waals surface area contributed by atoms with E-state index in [0.717, 1.165) is 22.4 Å². The summed E-state index contributed by atoms with van der Waals surface area (Å²) in [7, 11) is 3.19. The van der Waals surface area contributed by atoms with Crippen LogP contribution in [0.25, 0.3) is 0 Å². The molecule has 35 heavy (non-hydrogen) atoms. The Hall–Kier alpha value is -3.35. The summed E-state index contributed by atoms with van der Waals surface area (Å²) in [5.74, 6) is 0.362. The quantitative estimate of drug-likeness (QED) is 0.381. The van der Waals surface area contributed by atoms with Crippen molar-refractivity contribution in [2.45, 2.75) is 25.4 Å². The van der Waals surface area contributed by atoms with Crippen LogP contribution in [0.3, 0.4) is 0 Å². The highest BCUT2D eigenvalue weighted by Gasteiger charge is 2.30. The van der Waals surface area contributed by atoms with Crippen molar-refractivity contribution in [2.75, 3.05) is 27.4 Å². The fourth-order valence-corrected chi connectivity index (χ4v) is 3.88. The van der Waals surface area contributed by atoms with E-state index in [2.05, 4.69) is 5.32 Å². The number of rotatable bonds is 12. The fourth-order valence-electron chi connectivity index (χ4n) is 3.75. The van der Waals surface area contributed by atoms with Crippen molar-refractivity contribution in [2.24, 2.45) is 0 Å². The molecule has 3 rings (SSSR count). The highest BCUT2D eigenvalue weighted by atomic mass is 35.5. The lowest BCUT2D eigenvalue weighted by Gasteiger charge is -2.31. The van der Waals surface area contributed by atoms with Crippen LogP contribution >= 0.6 is 11.6 Å². The number of hydrogen-bond donors (Lipinski definition) is 1. The summed E-state index contributed by atoms with van der Waals surface area (Å²) in [6.45, 7) is 1.04. The number of nitrogens with one attached hydrogen (secondary N) is 1. The smallest absolute Gasteiger partial charge is 0.243 e. The van der Waals surface area contributed by atoms with Gasteiger partial charge in [-0.25, -0.2) is 0 Å². The molecular formula is C28H31ClN2O4. The SMILES string of the molecule is COCCNC(=O)[C@@H](Cc1ccccc1)N(Cc1ccc(OC)cc1)C(=O)Cc1ccc(Cl)cc1. The number of ether oxygens (including phenoxy) is 2. The summed E-state index contributed by atoms with van der Waals surface area (Å²) in [6.07, 6.45) is 0.548. The largest absolute Gasteiger partial charge is 0.497 e. The van der Waals surface area contributed by atoms with Gasteiger partial charge in [0.15, 0.2) is 0 Å². The van der Waals surface area contributed by atoms with E-state index >= 15 is 0 Å². The molecular weight excluding hydrogens is 464 g/mol. The number of carbonyl (C=O) groups is 2. The molecule has 7 heteroatoms. The lowest BCUT2D eigenvalue weighted by molar-refractivity contribution is -0.140. The van der Waals surface area contributed by atoms with Crippen molar-refractivity contribution in [3.8, 4) is 5.75 Å². The average molecular weight is 495 g/mol. The molecule has 0 heterocycles. The highest BCUT2D eigenvalue weighted by Crippen LogP contribution is 2.19. The maximum Gasteiger partial charge on any atom is 0.243 e. The molecule has 184 valence electrons. The van der Waals surface area contributed by atoms with Gasteiger partial charge in [0.25, 0.3) is 0 Å². The number of hydrogen-bond acceptors (Lipinski definition) is 4. The van der Waals surface area contributed by atoms with Crippen LogP contribution in [0.5, 0.6) is 5.75 Å². The van der Waals surface area contributed by atoms with Gasteiger partial charge in [-0.1, -0.05) is 66.2 Å². The second-order valence-corrected chi connectivity index (χ2v) is 8.60. The topological polar surface area (TPSA) is 67.9 Å². The molecule has 3 aromatic carbocycles. The Kier molecular flexibility index (Phi) is 10.1. The number of nitrogens with zero attached hydrogens (tertiary/aromatic N) is 1. The van der Waals surface area contributed by atoms with Gasteiger partial charge in [-0.05, 0) is 41.0 Å². The third kappa shape index (κ3) is 8.12. The highest BCUT2D eigenvalue weighted by molar-refractivity contribution is 6.30. The van der Waals surface area contributed by atoms with Gasteiger partial charge in [-0.15, -0.1) is 0 Å². The molecule has 0 unspecified atom stereocenters. The predicted octanol–water partition coefficient (Wildman–Crippen LogP) is 4.29. The summed E-state index contributed by atoms with van der Waals surface area (Å²) >= 11 is 6.02. The summed E-state index contributed by atoms with van der Waals surface area (Å²) < 4.78 is 10.3. The lowest BCUT2D eigenvalue weighted by atomic mass is 10.0. The van der Waals surface area contributed by atoms with Crippen LogP contribution in [0.1, 0.15) is 16.7 Å². The molecule has 3 aromatic rings. The maximum absolute atomic E-state index is 13.7. The van der Waals surface area contributed by atoms with Gasteiger partial charge in [-0.3, -0.25) is 9.59 Å². The van der Waals surface area contributed by atoms with E-state index in [1.165, 1.54) is 0 Å². The third-order valence-electron chi connectivity index (χ3n) is 5.66. The molecule has 0 saturated heterocycles. The van der Waals surface area contributed by atoms with Crippen molar-refractivity contribution in [3.05, 3.63) is 101 Å². The summed E-state index contributed by atoms with van der Waals surface area (Å²) in [6, 6.07) is 23.7. The van der Waals surface area contributed by atoms with E-state index in [1.807, 2.05) is 66.7 Å². The fraction of sp³-hybridized carbons (Fsp3) is 0.286. The summed E-state index contributed by atoms with van der Waals surface area (Å²) in [5, 5.41) is 3.53. The maximum atomic E-state index is 13.7. The Morgan fingerprint density at radius 2 is 1.54 bits per heavy atom. The molecule has 0 aliphatic carbocycles. The zero-order valence-electron chi connectivity index (χ0n) is 20.1. The van der Waals surface area contributed by atoms with Crippen molar-refractivity contribution < 1.29 is 19.1 Å². The van der Waals surface area contributed by atoms with Crippen LogP contribution in [0.4, 0.5) is 0 Å². The van der Waals surface area contributed by atoms with E-state index in [1.54, 1.807) is 31.3 Å². The zero-order valence-corrected chi connectivity index (χ0v) is 20.8. The minimum Gasteiger partial charge on any atom is -0.497 e. The van der Waals surface area contributed by atoms with Gasteiger partial charge >= 0.3 is 0 Å². The number of halogens is 1. The zero-order chi connectivity index (χ0) is 25.0. The summed E-state index contributed by atoms with van der Waals surface area (Å²) in [5.41, 5.74) is 2.70. The molecule has 0 aliphatic heterocycles. The Morgan fingerprint density at radius 1 is 0.886 bits per heavy atom. The minimum atomic E-state index is -0.698. The standard InChI is InChI=1S/C28H31ClN2O4/c1-34-17-16-30-28(33)26(18-21-6-4-3-5-7-21)31(20-23-10-14-25(35-2)15-11-23)27(32)19-22-8-12-24(29)13-9-22/h3-15,26H,16-20H2,1-2H3,(H,30,33)/t26-/m1/s1. The first kappa shape index (κ1) is 26.3. The van der Waals surface area contributed by atoms with Crippen molar-refractivity contribution in [3.63, 3.8) is 0 Å². The molecule has 0 aliphatic rings. The van der Waals surface area contributed by atoms with Gasteiger partial charge in [0.1, 0.15) is 11.8 Å². The Balaban J connectivity index is 1.92. The van der Waals surface area contributed by atoms with E-state index in [4.69, 9.17) is 21.1 Å². The Labute approximate surface area is 211 Å². The minimum absolute atomic E-state index is 0.147. The van der Waals surface area contributed by atoms with E-state index in [-0.39, 0.29) is 24.8 Å². The first-order valence-electron chi connectivity index (χ1n) is 11.5.